The summed E-state index contributed by atoms with van der Waals surface area (Å²) in [6.45, 7) is 1.42. The van der Waals surface area contributed by atoms with Crippen LogP contribution in [0.2, 0.25) is 0 Å². The Kier molecular flexibility index (Phi) is 4.35. The first-order chi connectivity index (χ1) is 7.84. The van der Waals surface area contributed by atoms with E-state index >= 15 is 0 Å². The van der Waals surface area contributed by atoms with Crippen molar-refractivity contribution in [1.29, 1.82) is 0 Å². The van der Waals surface area contributed by atoms with Crippen molar-refractivity contribution < 1.29 is 22.5 Å². The first-order valence-corrected chi connectivity index (χ1v) is 6.82. The number of ketones is 1. The van der Waals surface area contributed by atoms with Crippen LogP contribution in [0, 0.1) is 0 Å². The highest BCUT2D eigenvalue weighted by Gasteiger charge is 2.23. The molecular weight excluding hydrogens is 248 g/mol. The third-order valence-corrected chi connectivity index (χ3v) is 3.64. The van der Waals surface area contributed by atoms with Crippen molar-refractivity contribution in [3.63, 3.8) is 0 Å². The third kappa shape index (κ3) is 3.90. The Morgan fingerprint density at radius 1 is 1.53 bits per heavy atom. The Morgan fingerprint density at radius 3 is 2.71 bits per heavy atom. The molecule has 96 valence electrons. The van der Waals surface area contributed by atoms with E-state index in [9.17, 15) is 13.2 Å². The van der Waals surface area contributed by atoms with Crippen molar-refractivity contribution in [2.45, 2.75) is 18.6 Å². The second kappa shape index (κ2) is 5.37. The average Bonchev–Trinajstić information content (AvgIpc) is 2.63. The van der Waals surface area contributed by atoms with E-state index in [1.165, 1.54) is 14.0 Å². The van der Waals surface area contributed by atoms with Crippen LogP contribution >= 0.6 is 0 Å². The predicted molar refractivity (Wildman–Crippen MR) is 58.1 cm³/mol. The smallest absolute Gasteiger partial charge is 0.234 e. The van der Waals surface area contributed by atoms with Gasteiger partial charge in [-0.2, -0.15) is 4.98 Å². The summed E-state index contributed by atoms with van der Waals surface area (Å²) in [5, 5.41) is 2.69. The Morgan fingerprint density at radius 2 is 2.18 bits per heavy atom. The van der Waals surface area contributed by atoms with Crippen LogP contribution in [0.4, 0.5) is 0 Å². The maximum absolute atomic E-state index is 11.3. The van der Waals surface area contributed by atoms with Gasteiger partial charge in [-0.3, -0.25) is 4.79 Å². The van der Waals surface area contributed by atoms with E-state index in [0.717, 1.165) is 6.26 Å². The molecule has 0 spiro atoms. The summed E-state index contributed by atoms with van der Waals surface area (Å²) in [5.41, 5.74) is 0. The van der Waals surface area contributed by atoms with Gasteiger partial charge in [0.05, 0.1) is 6.42 Å². The molecule has 0 aromatic carbocycles. The fraction of sp³-hybridized carbons (Fsp3) is 0.667. The molecule has 1 atom stereocenters. The molecule has 0 aliphatic rings. The molecule has 0 fully saturated rings. The van der Waals surface area contributed by atoms with E-state index < -0.39 is 15.1 Å². The van der Waals surface area contributed by atoms with E-state index in [4.69, 9.17) is 4.52 Å². The maximum atomic E-state index is 11.3. The zero-order chi connectivity index (χ0) is 13.1. The molecule has 7 nitrogen and oxygen atoms in total. The second-order valence-electron chi connectivity index (χ2n) is 3.67. The molecule has 1 heterocycles. The van der Waals surface area contributed by atoms with Gasteiger partial charge in [-0.25, -0.2) is 8.42 Å². The highest BCUT2D eigenvalue weighted by atomic mass is 32.2. The minimum atomic E-state index is -3.28. The van der Waals surface area contributed by atoms with Crippen LogP contribution in [0.5, 0.6) is 0 Å². The lowest BCUT2D eigenvalue weighted by Gasteiger charge is -2.01. The van der Waals surface area contributed by atoms with E-state index in [1.807, 2.05) is 0 Å². The molecule has 1 rings (SSSR count). The van der Waals surface area contributed by atoms with Crippen molar-refractivity contribution in [3.8, 4) is 0 Å². The van der Waals surface area contributed by atoms with Crippen LogP contribution in [-0.2, 0) is 25.8 Å². The average molecular weight is 262 g/mol. The molecule has 1 unspecified atom stereocenters. The Bertz CT molecular complexity index is 493. The molecule has 0 radical (unpaired) electrons. The Labute approximate surface area is 99.1 Å². The third-order valence-electron chi connectivity index (χ3n) is 2.14. The van der Waals surface area contributed by atoms with Gasteiger partial charge in [-0.05, 0) is 6.92 Å². The topological polar surface area (TPSA) is 99.4 Å². The number of carbonyl (C=O) groups is 1. The molecule has 17 heavy (non-hydrogen) atoms. The number of nitrogens with zero attached hydrogens (tertiary/aromatic N) is 2. The van der Waals surface area contributed by atoms with E-state index in [-0.39, 0.29) is 30.5 Å². The van der Waals surface area contributed by atoms with Gasteiger partial charge in [0.2, 0.25) is 5.89 Å². The standard InChI is InChI=1S/C9H14N2O5S/c1-6(17(3,13)14)9-10-8(16-11-9)4-7(12)5-15-2/h6H,4-5H2,1-3H3. The second-order valence-corrected chi connectivity index (χ2v) is 6.03. The predicted octanol–water partition coefficient (Wildman–Crippen LogP) is -0.0668. The molecule has 0 saturated heterocycles. The molecule has 0 bridgehead atoms. The van der Waals surface area contributed by atoms with Crippen LogP contribution in [0.1, 0.15) is 23.9 Å². The monoisotopic (exact) mass is 262 g/mol. The number of Topliss-reactive ketones (excluding diaryl/α,β-unsaturated/α-hetero) is 1. The molecular formula is C9H14N2O5S. The first-order valence-electron chi connectivity index (χ1n) is 4.86. The number of hydrogen-bond acceptors (Lipinski definition) is 7. The molecule has 0 aliphatic carbocycles. The van der Waals surface area contributed by atoms with Crippen molar-refractivity contribution in [2.24, 2.45) is 0 Å². The number of sulfone groups is 1. The molecule has 1 aromatic rings. The van der Waals surface area contributed by atoms with Gasteiger partial charge in [0.15, 0.2) is 21.4 Å². The van der Waals surface area contributed by atoms with Gasteiger partial charge in [-0.15, -0.1) is 0 Å². The van der Waals surface area contributed by atoms with Crippen molar-refractivity contribution in [2.75, 3.05) is 20.0 Å². The minimum Gasteiger partial charge on any atom is -0.377 e. The van der Waals surface area contributed by atoms with Crippen LogP contribution in [0.25, 0.3) is 0 Å². The van der Waals surface area contributed by atoms with Gasteiger partial charge in [0, 0.05) is 13.4 Å². The highest BCUT2D eigenvalue weighted by Crippen LogP contribution is 2.17. The highest BCUT2D eigenvalue weighted by molar-refractivity contribution is 7.90. The minimum absolute atomic E-state index is 0.0423. The SMILES string of the molecule is COCC(=O)Cc1nc(C(C)S(C)(=O)=O)no1. The Balaban J connectivity index is 2.75. The van der Waals surface area contributed by atoms with Crippen LogP contribution in [-0.4, -0.2) is 44.3 Å². The molecule has 8 heteroatoms. The summed E-state index contributed by atoms with van der Waals surface area (Å²) >= 11 is 0. The van der Waals surface area contributed by atoms with E-state index in [1.54, 1.807) is 0 Å². The van der Waals surface area contributed by atoms with Crippen molar-refractivity contribution in [3.05, 3.63) is 11.7 Å². The first kappa shape index (κ1) is 13.8. The summed E-state index contributed by atoms with van der Waals surface area (Å²) in [7, 11) is -1.87. The molecule has 0 aliphatic heterocycles. The molecule has 0 N–H and O–H groups in total. The molecule has 0 saturated carbocycles. The number of hydrogen-bond donors (Lipinski definition) is 0. The number of carbonyl (C=O) groups excluding carboxylic acids is 1. The summed E-state index contributed by atoms with van der Waals surface area (Å²) in [6, 6.07) is 0. The van der Waals surface area contributed by atoms with Crippen LogP contribution < -0.4 is 0 Å². The zero-order valence-electron chi connectivity index (χ0n) is 9.84. The molecule has 1 aromatic heterocycles. The lowest BCUT2D eigenvalue weighted by atomic mass is 10.3. The van der Waals surface area contributed by atoms with E-state index in [0.29, 0.717) is 0 Å². The lowest BCUT2D eigenvalue weighted by molar-refractivity contribution is -0.122. The van der Waals surface area contributed by atoms with Crippen molar-refractivity contribution >= 4 is 15.6 Å². The summed E-state index contributed by atoms with van der Waals surface area (Å²) in [4.78, 5) is 15.1. The van der Waals surface area contributed by atoms with Crippen LogP contribution in [0.15, 0.2) is 4.52 Å². The zero-order valence-corrected chi connectivity index (χ0v) is 10.7. The fourth-order valence-electron chi connectivity index (χ4n) is 1.08. The number of rotatable bonds is 6. The van der Waals surface area contributed by atoms with E-state index in [2.05, 4.69) is 14.9 Å². The number of aromatic nitrogens is 2. The summed E-state index contributed by atoms with van der Waals surface area (Å²) in [6.07, 6.45) is 1.03. The van der Waals surface area contributed by atoms with Gasteiger partial charge >= 0.3 is 0 Å². The van der Waals surface area contributed by atoms with Gasteiger partial charge in [0.1, 0.15) is 11.9 Å². The maximum Gasteiger partial charge on any atom is 0.234 e. The number of methoxy groups -OCH3 is 1. The Hall–Kier alpha value is -1.28. The number of ether oxygens (including phenoxy) is 1. The van der Waals surface area contributed by atoms with Gasteiger partial charge in [-0.1, -0.05) is 5.16 Å². The van der Waals surface area contributed by atoms with Crippen molar-refractivity contribution in [1.82, 2.24) is 10.1 Å². The lowest BCUT2D eigenvalue weighted by Crippen LogP contribution is -2.11. The normalized spacial score (nSPS) is 13.6. The van der Waals surface area contributed by atoms with Crippen LogP contribution in [0.3, 0.4) is 0 Å². The van der Waals surface area contributed by atoms with Gasteiger partial charge < -0.3 is 9.26 Å². The quantitative estimate of drug-likeness (QED) is 0.707. The van der Waals surface area contributed by atoms with Gasteiger partial charge in [0.25, 0.3) is 0 Å². The summed E-state index contributed by atoms with van der Waals surface area (Å²) < 4.78 is 32.0. The molecule has 0 amide bonds. The fourth-order valence-corrected chi connectivity index (χ4v) is 1.56. The summed E-state index contributed by atoms with van der Waals surface area (Å²) in [5.74, 6) is -0.0556. The largest absolute Gasteiger partial charge is 0.377 e.